The van der Waals surface area contributed by atoms with Gasteiger partial charge in [-0.15, -0.1) is 0 Å². The standard InChI is InChI=1S/C11H15N3O3S/c1-8(2)7-13-11(15)14-9-3-5-10(6-4-9)18(12,16)17/h3-7H,1-2H3,(H2,12,16,17)(H2,13,14,15). The zero-order chi connectivity index (χ0) is 13.8. The first-order chi connectivity index (χ1) is 8.29. The minimum Gasteiger partial charge on any atom is -0.314 e. The molecule has 98 valence electrons. The average molecular weight is 269 g/mol. The second kappa shape index (κ2) is 5.65. The first-order valence-corrected chi connectivity index (χ1v) is 6.67. The van der Waals surface area contributed by atoms with Crippen molar-refractivity contribution in [1.82, 2.24) is 5.32 Å². The highest BCUT2D eigenvalue weighted by atomic mass is 32.2. The van der Waals surface area contributed by atoms with Crippen molar-refractivity contribution in [2.75, 3.05) is 5.32 Å². The molecule has 1 aromatic carbocycles. The average Bonchev–Trinajstić information content (AvgIpc) is 2.26. The van der Waals surface area contributed by atoms with Crippen LogP contribution >= 0.6 is 0 Å². The summed E-state index contributed by atoms with van der Waals surface area (Å²) in [5.41, 5.74) is 1.43. The van der Waals surface area contributed by atoms with E-state index in [1.807, 2.05) is 13.8 Å². The van der Waals surface area contributed by atoms with Gasteiger partial charge in [-0.25, -0.2) is 18.4 Å². The fourth-order valence-electron chi connectivity index (χ4n) is 1.11. The summed E-state index contributed by atoms with van der Waals surface area (Å²) in [4.78, 5) is 11.4. The van der Waals surface area contributed by atoms with Gasteiger partial charge in [-0.2, -0.15) is 0 Å². The summed E-state index contributed by atoms with van der Waals surface area (Å²) in [5, 5.41) is 10.0. The van der Waals surface area contributed by atoms with E-state index in [1.165, 1.54) is 24.3 Å². The number of allylic oxidation sites excluding steroid dienone is 1. The minimum absolute atomic E-state index is 0.00208. The van der Waals surface area contributed by atoms with Crippen molar-refractivity contribution < 1.29 is 13.2 Å². The van der Waals surface area contributed by atoms with Gasteiger partial charge in [-0.1, -0.05) is 5.57 Å². The van der Waals surface area contributed by atoms with E-state index in [-0.39, 0.29) is 4.90 Å². The molecule has 0 saturated heterocycles. The molecule has 4 N–H and O–H groups in total. The second-order valence-corrected chi connectivity index (χ2v) is 5.45. The summed E-state index contributed by atoms with van der Waals surface area (Å²) in [7, 11) is -3.71. The Bertz CT molecular complexity index is 558. The van der Waals surface area contributed by atoms with Gasteiger partial charge >= 0.3 is 6.03 Å². The van der Waals surface area contributed by atoms with Crippen LogP contribution in [-0.2, 0) is 10.0 Å². The number of amides is 2. The summed E-state index contributed by atoms with van der Waals surface area (Å²) in [6.45, 7) is 3.70. The van der Waals surface area contributed by atoms with Crippen molar-refractivity contribution in [1.29, 1.82) is 0 Å². The predicted molar refractivity (Wildman–Crippen MR) is 69.4 cm³/mol. The third kappa shape index (κ3) is 4.56. The van der Waals surface area contributed by atoms with Crippen molar-refractivity contribution in [3.63, 3.8) is 0 Å². The van der Waals surface area contributed by atoms with E-state index < -0.39 is 16.1 Å². The number of nitrogens with two attached hydrogens (primary N) is 1. The van der Waals surface area contributed by atoms with Crippen LogP contribution in [0.5, 0.6) is 0 Å². The molecule has 0 atom stereocenters. The fraction of sp³-hybridized carbons (Fsp3) is 0.182. The van der Waals surface area contributed by atoms with E-state index >= 15 is 0 Å². The monoisotopic (exact) mass is 269 g/mol. The number of anilines is 1. The van der Waals surface area contributed by atoms with E-state index in [9.17, 15) is 13.2 Å². The van der Waals surface area contributed by atoms with E-state index in [1.54, 1.807) is 6.20 Å². The molecule has 1 rings (SSSR count). The number of primary sulfonamides is 1. The van der Waals surface area contributed by atoms with Gasteiger partial charge in [0.15, 0.2) is 0 Å². The van der Waals surface area contributed by atoms with Gasteiger partial charge in [0.05, 0.1) is 4.90 Å². The first-order valence-electron chi connectivity index (χ1n) is 5.13. The molecule has 0 radical (unpaired) electrons. The van der Waals surface area contributed by atoms with Crippen molar-refractivity contribution in [3.8, 4) is 0 Å². The molecule has 1 aromatic rings. The Morgan fingerprint density at radius 1 is 1.22 bits per heavy atom. The van der Waals surface area contributed by atoms with Gasteiger partial charge in [0.2, 0.25) is 10.0 Å². The zero-order valence-electron chi connectivity index (χ0n) is 10.1. The largest absolute Gasteiger partial charge is 0.323 e. The molecule has 0 heterocycles. The molecule has 2 amide bonds. The Morgan fingerprint density at radius 2 is 1.78 bits per heavy atom. The van der Waals surface area contributed by atoms with Gasteiger partial charge in [-0.05, 0) is 38.1 Å². The summed E-state index contributed by atoms with van der Waals surface area (Å²) >= 11 is 0. The van der Waals surface area contributed by atoms with Crippen molar-refractivity contribution in [2.45, 2.75) is 18.7 Å². The maximum atomic E-state index is 11.4. The molecule has 0 bridgehead atoms. The van der Waals surface area contributed by atoms with Gasteiger partial charge in [0.25, 0.3) is 0 Å². The number of urea groups is 1. The number of hydrogen-bond donors (Lipinski definition) is 3. The van der Waals surface area contributed by atoms with Crippen LogP contribution in [0.4, 0.5) is 10.5 Å². The Kier molecular flexibility index (Phi) is 4.46. The van der Waals surface area contributed by atoms with Gasteiger partial charge < -0.3 is 10.6 Å². The predicted octanol–water partition coefficient (Wildman–Crippen LogP) is 1.38. The molecule has 0 aromatic heterocycles. The topological polar surface area (TPSA) is 101 Å². The van der Waals surface area contributed by atoms with Crippen LogP contribution in [0.3, 0.4) is 0 Å². The van der Waals surface area contributed by atoms with Crippen LogP contribution in [0.15, 0.2) is 40.9 Å². The highest BCUT2D eigenvalue weighted by Crippen LogP contribution is 2.12. The normalized spacial score (nSPS) is 10.6. The number of carbonyl (C=O) groups excluding carboxylic acids is 1. The van der Waals surface area contributed by atoms with Crippen LogP contribution in [0, 0.1) is 0 Å². The van der Waals surface area contributed by atoms with Crippen LogP contribution in [-0.4, -0.2) is 14.4 Å². The molecule has 7 heteroatoms. The maximum Gasteiger partial charge on any atom is 0.323 e. The van der Waals surface area contributed by atoms with Crippen molar-refractivity contribution >= 4 is 21.7 Å². The lowest BCUT2D eigenvalue weighted by Gasteiger charge is -2.05. The third-order valence-electron chi connectivity index (χ3n) is 1.93. The minimum atomic E-state index is -3.71. The van der Waals surface area contributed by atoms with E-state index in [2.05, 4.69) is 10.6 Å². The van der Waals surface area contributed by atoms with Crippen LogP contribution in [0.1, 0.15) is 13.8 Å². The zero-order valence-corrected chi connectivity index (χ0v) is 10.9. The molecule has 0 spiro atoms. The lowest BCUT2D eigenvalue weighted by Crippen LogP contribution is -2.24. The fourth-order valence-corrected chi connectivity index (χ4v) is 1.62. The van der Waals surface area contributed by atoms with E-state index in [4.69, 9.17) is 5.14 Å². The highest BCUT2D eigenvalue weighted by molar-refractivity contribution is 7.89. The Balaban J connectivity index is 2.70. The molecule has 0 unspecified atom stereocenters. The first kappa shape index (κ1) is 14.2. The quantitative estimate of drug-likeness (QED) is 0.772. The molecular formula is C11H15N3O3S. The SMILES string of the molecule is CC(C)=CNC(=O)Nc1ccc(S(N)(=O)=O)cc1. The van der Waals surface area contributed by atoms with E-state index in [0.29, 0.717) is 5.69 Å². The number of nitrogens with one attached hydrogen (secondary N) is 2. The molecule has 6 nitrogen and oxygen atoms in total. The third-order valence-corrected chi connectivity index (χ3v) is 2.86. The summed E-state index contributed by atoms with van der Waals surface area (Å²) in [6.07, 6.45) is 1.56. The number of carbonyl (C=O) groups is 1. The Hall–Kier alpha value is -1.86. The molecule has 0 aliphatic heterocycles. The lowest BCUT2D eigenvalue weighted by molar-refractivity contribution is 0.255. The smallest absolute Gasteiger partial charge is 0.314 e. The van der Waals surface area contributed by atoms with Crippen LogP contribution < -0.4 is 15.8 Å². The summed E-state index contributed by atoms with van der Waals surface area (Å²) in [6, 6.07) is 5.17. The van der Waals surface area contributed by atoms with Crippen LogP contribution in [0.2, 0.25) is 0 Å². The number of benzene rings is 1. The molecule has 0 fully saturated rings. The van der Waals surface area contributed by atoms with Gasteiger partial charge in [-0.3, -0.25) is 0 Å². The molecule has 0 saturated carbocycles. The summed E-state index contributed by atoms with van der Waals surface area (Å²) < 4.78 is 22.0. The van der Waals surface area contributed by atoms with E-state index in [0.717, 1.165) is 5.57 Å². The Morgan fingerprint density at radius 3 is 2.22 bits per heavy atom. The Labute approximate surface area is 106 Å². The highest BCUT2D eigenvalue weighted by Gasteiger charge is 2.07. The number of sulfonamides is 1. The van der Waals surface area contributed by atoms with Gasteiger partial charge in [0, 0.05) is 11.9 Å². The van der Waals surface area contributed by atoms with Crippen molar-refractivity contribution in [3.05, 3.63) is 36.0 Å². The maximum absolute atomic E-state index is 11.4. The number of rotatable bonds is 3. The summed E-state index contributed by atoms with van der Waals surface area (Å²) in [5.74, 6) is 0. The molecule has 0 aliphatic carbocycles. The molecule has 18 heavy (non-hydrogen) atoms. The van der Waals surface area contributed by atoms with Crippen molar-refractivity contribution in [2.24, 2.45) is 5.14 Å². The van der Waals surface area contributed by atoms with Gasteiger partial charge in [0.1, 0.15) is 0 Å². The van der Waals surface area contributed by atoms with Crippen LogP contribution in [0.25, 0.3) is 0 Å². The second-order valence-electron chi connectivity index (χ2n) is 3.89. The molecular weight excluding hydrogens is 254 g/mol. The number of hydrogen-bond acceptors (Lipinski definition) is 3. The molecule has 0 aliphatic rings. The lowest BCUT2D eigenvalue weighted by atomic mass is 10.3.